The van der Waals surface area contributed by atoms with Crippen molar-refractivity contribution in [3.63, 3.8) is 0 Å². The normalized spacial score (nSPS) is 17.7. The number of aromatic nitrogens is 4. The number of Topliss-reactive ketones (excluding diaryl/α,β-unsaturated/α-hetero) is 1. The molecule has 0 unspecified atom stereocenters. The molecule has 5 rings (SSSR count). The lowest BCUT2D eigenvalue weighted by Gasteiger charge is -2.27. The molecule has 0 saturated carbocycles. The Kier molecular flexibility index (Phi) is 5.74. The lowest BCUT2D eigenvalue weighted by atomic mass is 9.91. The van der Waals surface area contributed by atoms with Crippen LogP contribution in [0.25, 0.3) is 22.0 Å². The van der Waals surface area contributed by atoms with E-state index in [9.17, 15) is 9.18 Å². The van der Waals surface area contributed by atoms with E-state index in [1.54, 1.807) is 6.20 Å². The number of rotatable bonds is 6. The Balaban J connectivity index is 1.40. The second kappa shape index (κ2) is 8.80. The summed E-state index contributed by atoms with van der Waals surface area (Å²) in [5.74, 6) is 0.408. The number of carbonyl (C=O) groups excluding carboxylic acids is 1. The van der Waals surface area contributed by atoms with Crippen LogP contribution in [0.4, 0.5) is 4.39 Å². The van der Waals surface area contributed by atoms with Gasteiger partial charge in [0.15, 0.2) is 0 Å². The monoisotopic (exact) mass is 422 g/mol. The Morgan fingerprint density at radius 1 is 1.13 bits per heavy atom. The van der Waals surface area contributed by atoms with E-state index in [2.05, 4.69) is 31.3 Å². The highest BCUT2D eigenvalue weighted by Gasteiger charge is 2.23. The fraction of sp³-hybridized carbons (Fsp3) is 0.478. The van der Waals surface area contributed by atoms with Crippen LogP contribution in [0.3, 0.4) is 0 Å². The minimum absolute atomic E-state index is 0.134. The largest absolute Gasteiger partial charge is 0.317 e. The fourth-order valence-corrected chi connectivity index (χ4v) is 4.64. The first kappa shape index (κ1) is 20.2. The molecule has 0 bridgehead atoms. The van der Waals surface area contributed by atoms with Gasteiger partial charge in [0.2, 0.25) is 0 Å². The number of hydrogen-bond donors (Lipinski definition) is 1. The molecular weight excluding hydrogens is 395 g/mol. The molecule has 162 valence electrons. The van der Waals surface area contributed by atoms with Crippen molar-refractivity contribution in [3.05, 3.63) is 42.1 Å². The minimum Gasteiger partial charge on any atom is -0.317 e. The molecule has 2 aliphatic heterocycles. The highest BCUT2D eigenvalue weighted by molar-refractivity contribution is 5.86. The zero-order chi connectivity index (χ0) is 21.2. The summed E-state index contributed by atoms with van der Waals surface area (Å²) in [6.07, 6.45) is 7.65. The summed E-state index contributed by atoms with van der Waals surface area (Å²) in [6, 6.07) is 4.07. The minimum atomic E-state index is -0.340. The van der Waals surface area contributed by atoms with Crippen LogP contribution in [0, 0.1) is 5.92 Å². The summed E-state index contributed by atoms with van der Waals surface area (Å²) in [4.78, 5) is 23.9. The molecule has 8 heteroatoms. The Labute approximate surface area is 180 Å². The average molecular weight is 423 g/mol. The van der Waals surface area contributed by atoms with Gasteiger partial charge < -0.3 is 5.32 Å². The second-order valence-corrected chi connectivity index (χ2v) is 8.45. The molecule has 0 aromatic carbocycles. The predicted molar refractivity (Wildman–Crippen MR) is 116 cm³/mol. The third-order valence-corrected chi connectivity index (χ3v) is 6.44. The zero-order valence-electron chi connectivity index (χ0n) is 17.6. The van der Waals surface area contributed by atoms with Gasteiger partial charge in [0.1, 0.15) is 12.5 Å². The highest BCUT2D eigenvalue weighted by Crippen LogP contribution is 2.29. The van der Waals surface area contributed by atoms with Crippen molar-refractivity contribution < 1.29 is 9.18 Å². The van der Waals surface area contributed by atoms with Crippen molar-refractivity contribution in [2.75, 3.05) is 32.9 Å². The van der Waals surface area contributed by atoms with Crippen LogP contribution in [-0.2, 0) is 24.3 Å². The molecule has 5 heterocycles. The van der Waals surface area contributed by atoms with Gasteiger partial charge in [-0.15, -0.1) is 0 Å². The lowest BCUT2D eigenvalue weighted by Crippen LogP contribution is -2.35. The summed E-state index contributed by atoms with van der Waals surface area (Å²) in [5.41, 5.74) is 4.71. The van der Waals surface area contributed by atoms with Gasteiger partial charge in [0.25, 0.3) is 0 Å². The summed E-state index contributed by atoms with van der Waals surface area (Å²) in [5, 5.41) is 8.80. The quantitative estimate of drug-likeness (QED) is 0.658. The van der Waals surface area contributed by atoms with Crippen LogP contribution >= 0.6 is 0 Å². The number of fused-ring (bicyclic) bond motifs is 2. The summed E-state index contributed by atoms with van der Waals surface area (Å²) >= 11 is 0. The van der Waals surface area contributed by atoms with Crippen molar-refractivity contribution in [1.82, 2.24) is 30.0 Å². The molecule has 1 saturated heterocycles. The molecule has 0 radical (unpaired) electrons. The first-order chi connectivity index (χ1) is 15.2. The second-order valence-electron chi connectivity index (χ2n) is 8.45. The molecule has 0 aliphatic carbocycles. The third-order valence-electron chi connectivity index (χ3n) is 6.44. The molecule has 0 atom stereocenters. The number of pyridine rings is 2. The maximum Gasteiger partial charge on any atom is 0.142 e. The third kappa shape index (κ3) is 4.22. The van der Waals surface area contributed by atoms with E-state index in [1.807, 2.05) is 23.1 Å². The van der Waals surface area contributed by atoms with E-state index in [4.69, 9.17) is 0 Å². The molecule has 7 nitrogen and oxygen atoms in total. The van der Waals surface area contributed by atoms with Gasteiger partial charge in [-0.3, -0.25) is 24.3 Å². The number of hydrogen-bond acceptors (Lipinski definition) is 6. The maximum atomic E-state index is 12.8. The van der Waals surface area contributed by atoms with E-state index in [1.165, 1.54) is 0 Å². The number of halogens is 1. The van der Waals surface area contributed by atoms with Crippen molar-refractivity contribution in [2.24, 2.45) is 5.92 Å². The van der Waals surface area contributed by atoms with Gasteiger partial charge in [-0.05, 0) is 38.1 Å². The molecule has 3 aromatic heterocycles. The number of ketones is 1. The molecule has 0 amide bonds. The van der Waals surface area contributed by atoms with Gasteiger partial charge >= 0.3 is 0 Å². The molecule has 1 N–H and O–H groups in total. The van der Waals surface area contributed by atoms with Gasteiger partial charge in [0.05, 0.1) is 30.1 Å². The Bertz CT molecular complexity index is 1090. The molecule has 2 aliphatic rings. The Morgan fingerprint density at radius 3 is 2.84 bits per heavy atom. The molecule has 3 aromatic rings. The SMILES string of the molecule is O=C(Cc1cc2cc(-c3cnn4c3CN(CCF)CC4)cnc2cn1)C1CCNCC1. The summed E-state index contributed by atoms with van der Waals surface area (Å²) < 4.78 is 14.8. The van der Waals surface area contributed by atoms with Crippen molar-refractivity contribution in [3.8, 4) is 11.1 Å². The topological polar surface area (TPSA) is 75.9 Å². The first-order valence-electron chi connectivity index (χ1n) is 11.0. The van der Waals surface area contributed by atoms with E-state index < -0.39 is 0 Å². The number of nitrogens with one attached hydrogen (secondary N) is 1. The molecule has 1 fully saturated rings. The van der Waals surface area contributed by atoms with Gasteiger partial charge in [0, 0.05) is 60.4 Å². The Morgan fingerprint density at radius 2 is 2.00 bits per heavy atom. The molecule has 0 spiro atoms. The smallest absolute Gasteiger partial charge is 0.142 e. The van der Waals surface area contributed by atoms with Crippen LogP contribution in [-0.4, -0.2) is 63.3 Å². The van der Waals surface area contributed by atoms with Gasteiger partial charge in [-0.25, -0.2) is 4.39 Å². The number of carbonyl (C=O) groups is 1. The van der Waals surface area contributed by atoms with Crippen LogP contribution in [0.1, 0.15) is 24.2 Å². The fourth-order valence-electron chi connectivity index (χ4n) is 4.64. The zero-order valence-corrected chi connectivity index (χ0v) is 17.6. The van der Waals surface area contributed by atoms with Crippen molar-refractivity contribution in [2.45, 2.75) is 32.4 Å². The Hall–Kier alpha value is -2.71. The van der Waals surface area contributed by atoms with Crippen LogP contribution < -0.4 is 5.32 Å². The van der Waals surface area contributed by atoms with E-state index >= 15 is 0 Å². The average Bonchev–Trinajstić information content (AvgIpc) is 3.23. The number of piperidine rings is 1. The summed E-state index contributed by atoms with van der Waals surface area (Å²) in [6.45, 7) is 4.19. The first-order valence-corrected chi connectivity index (χ1v) is 11.0. The molecule has 31 heavy (non-hydrogen) atoms. The van der Waals surface area contributed by atoms with Crippen LogP contribution in [0.5, 0.6) is 0 Å². The summed E-state index contributed by atoms with van der Waals surface area (Å²) in [7, 11) is 0. The number of nitrogens with zero attached hydrogens (tertiary/aromatic N) is 5. The highest BCUT2D eigenvalue weighted by atomic mass is 19.1. The lowest BCUT2D eigenvalue weighted by molar-refractivity contribution is -0.123. The maximum absolute atomic E-state index is 12.8. The van der Waals surface area contributed by atoms with Gasteiger partial charge in [-0.1, -0.05) is 0 Å². The van der Waals surface area contributed by atoms with Crippen LogP contribution in [0.2, 0.25) is 0 Å². The molecular formula is C23H27FN6O. The van der Waals surface area contributed by atoms with Crippen molar-refractivity contribution >= 4 is 16.7 Å². The van der Waals surface area contributed by atoms with E-state index in [0.29, 0.717) is 19.5 Å². The standard InChI is InChI=1S/C23H27FN6O/c24-3-6-29-7-8-30-22(15-29)20(13-28-30)18-9-17-10-19(26-14-21(17)27-12-18)11-23(31)16-1-4-25-5-2-16/h9-10,12-14,16,25H,1-8,11,15H2. The number of alkyl halides is 1. The van der Waals surface area contributed by atoms with Crippen molar-refractivity contribution in [1.29, 1.82) is 0 Å². The van der Waals surface area contributed by atoms with Gasteiger partial charge in [-0.2, -0.15) is 5.10 Å². The predicted octanol–water partition coefficient (Wildman–Crippen LogP) is 2.39. The van der Waals surface area contributed by atoms with E-state index in [0.717, 1.165) is 72.4 Å². The van der Waals surface area contributed by atoms with E-state index in [-0.39, 0.29) is 18.4 Å². The van der Waals surface area contributed by atoms with Crippen LogP contribution in [0.15, 0.2) is 30.7 Å².